The molecule has 7 heteroatoms. The molecule has 1 fully saturated rings. The topological polar surface area (TPSA) is 85.3 Å². The molecular weight excluding hydrogens is 302 g/mol. The Morgan fingerprint density at radius 1 is 1.35 bits per heavy atom. The first-order chi connectivity index (χ1) is 11.0. The second-order valence-electron chi connectivity index (χ2n) is 5.21. The Balaban J connectivity index is 2.16. The molecule has 1 heterocycles. The second kappa shape index (κ2) is 7.82. The van der Waals surface area contributed by atoms with E-state index < -0.39 is 12.6 Å². The lowest BCUT2D eigenvalue weighted by Crippen LogP contribution is -2.37. The normalized spacial score (nSPS) is 16.9. The number of ether oxygens (including phenoxy) is 3. The van der Waals surface area contributed by atoms with E-state index in [9.17, 15) is 9.59 Å². The summed E-state index contributed by atoms with van der Waals surface area (Å²) in [5.41, 5.74) is 0.463. The van der Waals surface area contributed by atoms with Gasteiger partial charge in [0.1, 0.15) is 0 Å². The number of hydrogen-bond acceptors (Lipinski definition) is 5. The van der Waals surface area contributed by atoms with Crippen LogP contribution in [0, 0.1) is 0 Å². The number of likely N-dealkylation sites (N-methyl/N-ethyl adjacent to an activating group) is 1. The zero-order valence-corrected chi connectivity index (χ0v) is 13.3. The van der Waals surface area contributed by atoms with E-state index in [2.05, 4.69) is 0 Å². The van der Waals surface area contributed by atoms with Crippen molar-refractivity contribution >= 4 is 11.9 Å². The Kier molecular flexibility index (Phi) is 5.81. The monoisotopic (exact) mass is 323 g/mol. The van der Waals surface area contributed by atoms with Gasteiger partial charge in [-0.3, -0.25) is 4.79 Å². The highest BCUT2D eigenvalue weighted by molar-refractivity contribution is 5.95. The van der Waals surface area contributed by atoms with Gasteiger partial charge in [0, 0.05) is 19.2 Å². The van der Waals surface area contributed by atoms with Crippen molar-refractivity contribution in [2.75, 3.05) is 33.5 Å². The number of carboxylic acids is 1. The van der Waals surface area contributed by atoms with Crippen molar-refractivity contribution in [3.05, 3.63) is 23.8 Å². The molecule has 1 saturated heterocycles. The predicted octanol–water partition coefficient (Wildman–Crippen LogP) is 1.41. The fraction of sp³-hybridized carbons (Fsp3) is 0.500. The smallest absolute Gasteiger partial charge is 0.341 e. The van der Waals surface area contributed by atoms with E-state index in [1.165, 1.54) is 0 Å². The zero-order valence-electron chi connectivity index (χ0n) is 13.3. The molecule has 0 bridgehead atoms. The van der Waals surface area contributed by atoms with Gasteiger partial charge in [-0.2, -0.15) is 0 Å². The Hall–Kier alpha value is -2.28. The summed E-state index contributed by atoms with van der Waals surface area (Å²) in [6.07, 6.45) is 0.820. The van der Waals surface area contributed by atoms with Crippen LogP contribution in [0.2, 0.25) is 0 Å². The van der Waals surface area contributed by atoms with Gasteiger partial charge < -0.3 is 24.2 Å². The molecule has 126 valence electrons. The van der Waals surface area contributed by atoms with Crippen molar-refractivity contribution in [2.24, 2.45) is 0 Å². The van der Waals surface area contributed by atoms with E-state index >= 15 is 0 Å². The van der Waals surface area contributed by atoms with E-state index in [1.54, 1.807) is 37.1 Å². The van der Waals surface area contributed by atoms with Crippen LogP contribution in [0.4, 0.5) is 0 Å². The number of aliphatic carboxylic acids is 1. The molecule has 0 radical (unpaired) electrons. The van der Waals surface area contributed by atoms with Crippen LogP contribution in [0.1, 0.15) is 23.7 Å². The predicted molar refractivity (Wildman–Crippen MR) is 82.1 cm³/mol. The molecule has 0 saturated carbocycles. The van der Waals surface area contributed by atoms with Crippen LogP contribution in [-0.2, 0) is 9.53 Å². The molecule has 1 aromatic carbocycles. The Bertz CT molecular complexity index is 568. The highest BCUT2D eigenvalue weighted by Gasteiger charge is 2.25. The molecule has 23 heavy (non-hydrogen) atoms. The zero-order chi connectivity index (χ0) is 16.8. The van der Waals surface area contributed by atoms with Gasteiger partial charge in [0.25, 0.3) is 5.91 Å². The SMILES string of the molecule is CCOc1cc(C(=O)N(C)C2CCOC2)ccc1OCC(=O)O. The number of rotatable bonds is 7. The second-order valence-corrected chi connectivity index (χ2v) is 5.21. The van der Waals surface area contributed by atoms with Crippen LogP contribution in [0.25, 0.3) is 0 Å². The third-order valence-electron chi connectivity index (χ3n) is 3.62. The molecule has 1 N–H and O–H groups in total. The summed E-state index contributed by atoms with van der Waals surface area (Å²) < 4.78 is 15.9. The van der Waals surface area contributed by atoms with E-state index in [1.807, 2.05) is 0 Å². The molecule has 0 aliphatic carbocycles. The quantitative estimate of drug-likeness (QED) is 0.816. The number of hydrogen-bond donors (Lipinski definition) is 1. The van der Waals surface area contributed by atoms with E-state index in [4.69, 9.17) is 19.3 Å². The first-order valence-corrected chi connectivity index (χ1v) is 7.49. The maximum Gasteiger partial charge on any atom is 0.341 e. The Morgan fingerprint density at radius 3 is 2.74 bits per heavy atom. The number of carboxylic acid groups (broad SMARTS) is 1. The lowest BCUT2D eigenvalue weighted by atomic mass is 10.1. The van der Waals surface area contributed by atoms with Crippen molar-refractivity contribution < 1.29 is 28.9 Å². The molecule has 1 amide bonds. The van der Waals surface area contributed by atoms with Crippen molar-refractivity contribution in [3.8, 4) is 11.5 Å². The van der Waals surface area contributed by atoms with Gasteiger partial charge in [-0.1, -0.05) is 0 Å². The molecule has 1 aliphatic heterocycles. The summed E-state index contributed by atoms with van der Waals surface area (Å²) in [5.74, 6) is -0.548. The van der Waals surface area contributed by atoms with Gasteiger partial charge in [0.15, 0.2) is 18.1 Å². The lowest BCUT2D eigenvalue weighted by Gasteiger charge is -2.23. The number of amides is 1. The maximum atomic E-state index is 12.5. The summed E-state index contributed by atoms with van der Waals surface area (Å²) >= 11 is 0. The van der Waals surface area contributed by atoms with Gasteiger partial charge in [0.05, 0.1) is 19.3 Å². The van der Waals surface area contributed by atoms with Gasteiger partial charge in [-0.05, 0) is 31.5 Å². The summed E-state index contributed by atoms with van der Waals surface area (Å²) in [6.45, 7) is 2.92. The minimum Gasteiger partial charge on any atom is -0.490 e. The summed E-state index contributed by atoms with van der Waals surface area (Å²) in [5, 5.41) is 8.69. The van der Waals surface area contributed by atoms with E-state index in [-0.39, 0.29) is 11.9 Å². The average molecular weight is 323 g/mol. The molecule has 1 aliphatic rings. The van der Waals surface area contributed by atoms with Gasteiger partial charge in [-0.15, -0.1) is 0 Å². The summed E-state index contributed by atoms with van der Waals surface area (Å²) in [6, 6.07) is 4.81. The number of carbonyl (C=O) groups is 2. The Labute approximate surface area is 134 Å². The van der Waals surface area contributed by atoms with Crippen LogP contribution < -0.4 is 9.47 Å². The molecule has 1 unspecified atom stereocenters. The molecule has 7 nitrogen and oxygen atoms in total. The van der Waals surface area contributed by atoms with Crippen molar-refractivity contribution in [2.45, 2.75) is 19.4 Å². The first kappa shape index (κ1) is 17.1. The summed E-state index contributed by atoms with van der Waals surface area (Å²) in [4.78, 5) is 24.8. The third kappa shape index (κ3) is 4.35. The fourth-order valence-corrected chi connectivity index (χ4v) is 2.37. The van der Waals surface area contributed by atoms with Gasteiger partial charge >= 0.3 is 5.97 Å². The summed E-state index contributed by atoms with van der Waals surface area (Å²) in [7, 11) is 1.75. The number of carbonyl (C=O) groups excluding carboxylic acids is 1. The van der Waals surface area contributed by atoms with Gasteiger partial charge in [0.2, 0.25) is 0 Å². The maximum absolute atomic E-state index is 12.5. The van der Waals surface area contributed by atoms with Crippen molar-refractivity contribution in [3.63, 3.8) is 0 Å². The highest BCUT2D eigenvalue weighted by Crippen LogP contribution is 2.29. The fourth-order valence-electron chi connectivity index (χ4n) is 2.37. The third-order valence-corrected chi connectivity index (χ3v) is 3.62. The van der Waals surface area contributed by atoms with Crippen LogP contribution >= 0.6 is 0 Å². The highest BCUT2D eigenvalue weighted by atomic mass is 16.5. The van der Waals surface area contributed by atoms with Crippen LogP contribution in [0.3, 0.4) is 0 Å². The minimum absolute atomic E-state index is 0.0704. The first-order valence-electron chi connectivity index (χ1n) is 7.49. The molecule has 2 rings (SSSR count). The largest absolute Gasteiger partial charge is 0.490 e. The lowest BCUT2D eigenvalue weighted by molar-refractivity contribution is -0.139. The molecule has 0 aromatic heterocycles. The number of nitrogens with zero attached hydrogens (tertiary/aromatic N) is 1. The van der Waals surface area contributed by atoms with Crippen LogP contribution in [0.15, 0.2) is 18.2 Å². The molecule has 1 atom stereocenters. The molecule has 1 aromatic rings. The Morgan fingerprint density at radius 2 is 2.13 bits per heavy atom. The van der Waals surface area contributed by atoms with Gasteiger partial charge in [-0.25, -0.2) is 4.79 Å². The molecular formula is C16H21NO6. The van der Waals surface area contributed by atoms with E-state index in [0.29, 0.717) is 36.9 Å². The van der Waals surface area contributed by atoms with Crippen molar-refractivity contribution in [1.82, 2.24) is 4.90 Å². The standard InChI is InChI=1S/C16H21NO6/c1-3-22-14-8-11(4-5-13(14)23-10-15(18)19)16(20)17(2)12-6-7-21-9-12/h4-5,8,12H,3,6-7,9-10H2,1-2H3,(H,18,19). The number of benzene rings is 1. The van der Waals surface area contributed by atoms with Crippen LogP contribution in [0.5, 0.6) is 11.5 Å². The van der Waals surface area contributed by atoms with E-state index in [0.717, 1.165) is 6.42 Å². The van der Waals surface area contributed by atoms with Crippen molar-refractivity contribution in [1.29, 1.82) is 0 Å². The molecule has 0 spiro atoms. The average Bonchev–Trinajstić information content (AvgIpc) is 3.06. The van der Waals surface area contributed by atoms with Crippen LogP contribution in [-0.4, -0.2) is 61.4 Å². The minimum atomic E-state index is -1.08.